The van der Waals surface area contributed by atoms with Crippen LogP contribution in [0.5, 0.6) is 0 Å². The number of carbonyl (C=O) groups is 1. The fraction of sp³-hybridized carbons (Fsp3) is 0.100. The number of rotatable bonds is 2. The number of hydrogen-bond acceptors (Lipinski definition) is 2. The van der Waals surface area contributed by atoms with E-state index in [4.69, 9.17) is 0 Å². The first kappa shape index (κ1) is 12.4. The van der Waals surface area contributed by atoms with Crippen LogP contribution in [0.1, 0.15) is 12.5 Å². The zero-order valence-corrected chi connectivity index (χ0v) is 9.78. The molecule has 1 rings (SSSR count). The summed E-state index contributed by atoms with van der Waals surface area (Å²) in [5.74, 6) is -1.13. The van der Waals surface area contributed by atoms with Crippen molar-refractivity contribution in [1.29, 1.82) is 0 Å². The monoisotopic (exact) mass is 184 g/mol. The maximum Gasteiger partial charge on any atom is 1.00 e. The van der Waals surface area contributed by atoms with Gasteiger partial charge in [-0.15, -0.1) is 0 Å². The van der Waals surface area contributed by atoms with Crippen LogP contribution in [0.3, 0.4) is 0 Å². The Labute approximate surface area is 99.6 Å². The van der Waals surface area contributed by atoms with Crippen molar-refractivity contribution in [3.8, 4) is 0 Å². The molecule has 0 aliphatic carbocycles. The fourth-order valence-electron chi connectivity index (χ4n) is 0.858. The average molecular weight is 184 g/mol. The maximum absolute atomic E-state index is 10.3. The van der Waals surface area contributed by atoms with Gasteiger partial charge in [0.1, 0.15) is 0 Å². The average Bonchev–Trinajstić information content (AvgIpc) is 2.06. The SMILES string of the molecule is CC(=Cc1ccccc1)C(=O)[O-].[Na+]. The molecule has 0 heterocycles. The van der Waals surface area contributed by atoms with Crippen molar-refractivity contribution in [2.45, 2.75) is 6.92 Å². The Morgan fingerprint density at radius 3 is 2.31 bits per heavy atom. The van der Waals surface area contributed by atoms with Gasteiger partial charge in [0.2, 0.25) is 0 Å². The molecule has 0 unspecified atom stereocenters. The largest absolute Gasteiger partial charge is 1.00 e. The molecule has 0 fully saturated rings. The van der Waals surface area contributed by atoms with E-state index < -0.39 is 5.97 Å². The molecule has 0 radical (unpaired) electrons. The third kappa shape index (κ3) is 4.27. The second kappa shape index (κ2) is 5.97. The summed E-state index contributed by atoms with van der Waals surface area (Å²) >= 11 is 0. The number of carboxylic acids is 1. The van der Waals surface area contributed by atoms with Gasteiger partial charge in [-0.05, 0) is 18.1 Å². The van der Waals surface area contributed by atoms with Crippen molar-refractivity contribution < 1.29 is 39.5 Å². The normalized spacial score (nSPS) is 10.4. The van der Waals surface area contributed by atoms with E-state index in [1.54, 1.807) is 6.08 Å². The molecule has 0 N–H and O–H groups in total. The quantitative estimate of drug-likeness (QED) is 0.388. The van der Waals surface area contributed by atoms with E-state index in [1.807, 2.05) is 30.3 Å². The van der Waals surface area contributed by atoms with Gasteiger partial charge in [-0.3, -0.25) is 0 Å². The molecule has 0 aliphatic rings. The molecule has 0 saturated heterocycles. The van der Waals surface area contributed by atoms with Crippen molar-refractivity contribution >= 4 is 12.0 Å². The number of aliphatic carboxylic acids is 1. The van der Waals surface area contributed by atoms with Gasteiger partial charge in [-0.1, -0.05) is 36.4 Å². The summed E-state index contributed by atoms with van der Waals surface area (Å²) in [6, 6.07) is 9.27. The third-order valence-corrected chi connectivity index (χ3v) is 1.50. The van der Waals surface area contributed by atoms with E-state index in [2.05, 4.69) is 0 Å². The summed E-state index contributed by atoms with van der Waals surface area (Å²) in [6.45, 7) is 1.52. The van der Waals surface area contributed by atoms with Crippen molar-refractivity contribution in [2.24, 2.45) is 0 Å². The van der Waals surface area contributed by atoms with E-state index in [-0.39, 0.29) is 35.1 Å². The first-order valence-electron chi connectivity index (χ1n) is 3.65. The van der Waals surface area contributed by atoms with Crippen molar-refractivity contribution in [1.82, 2.24) is 0 Å². The second-order valence-corrected chi connectivity index (χ2v) is 2.53. The predicted octanol–water partition coefficient (Wildman–Crippen LogP) is -2.16. The molecule has 62 valence electrons. The van der Waals surface area contributed by atoms with E-state index in [0.717, 1.165) is 5.56 Å². The molecule has 1 aromatic carbocycles. The zero-order valence-electron chi connectivity index (χ0n) is 7.78. The van der Waals surface area contributed by atoms with Crippen LogP contribution in [0.4, 0.5) is 0 Å². The van der Waals surface area contributed by atoms with E-state index in [9.17, 15) is 9.90 Å². The molecule has 13 heavy (non-hydrogen) atoms. The van der Waals surface area contributed by atoms with E-state index >= 15 is 0 Å². The smallest absolute Gasteiger partial charge is 0.545 e. The van der Waals surface area contributed by atoms with Gasteiger partial charge < -0.3 is 9.90 Å². The van der Waals surface area contributed by atoms with E-state index in [0.29, 0.717) is 0 Å². The van der Waals surface area contributed by atoms with Crippen LogP contribution >= 0.6 is 0 Å². The summed E-state index contributed by atoms with van der Waals surface area (Å²) in [5.41, 5.74) is 1.11. The fourth-order valence-corrected chi connectivity index (χ4v) is 0.858. The predicted molar refractivity (Wildman–Crippen MR) is 45.1 cm³/mol. The number of carbonyl (C=O) groups excluding carboxylic acids is 1. The van der Waals surface area contributed by atoms with Crippen molar-refractivity contribution in [3.63, 3.8) is 0 Å². The third-order valence-electron chi connectivity index (χ3n) is 1.50. The summed E-state index contributed by atoms with van der Waals surface area (Å²) in [5, 5.41) is 10.3. The molecule has 0 bridgehead atoms. The van der Waals surface area contributed by atoms with Crippen LogP contribution in [-0.4, -0.2) is 5.97 Å². The summed E-state index contributed by atoms with van der Waals surface area (Å²) in [6.07, 6.45) is 1.58. The van der Waals surface area contributed by atoms with Gasteiger partial charge in [0.05, 0.1) is 5.97 Å². The molecule has 0 atom stereocenters. The van der Waals surface area contributed by atoms with Gasteiger partial charge >= 0.3 is 29.6 Å². The molecule has 1 aromatic rings. The number of benzene rings is 1. The molecule has 3 heteroatoms. The Kier molecular flexibility index (Phi) is 5.71. The number of carboxylic acid groups (broad SMARTS) is 1. The maximum atomic E-state index is 10.3. The van der Waals surface area contributed by atoms with Gasteiger partial charge in [0.25, 0.3) is 0 Å². The summed E-state index contributed by atoms with van der Waals surface area (Å²) in [7, 11) is 0. The minimum absolute atomic E-state index is 0. The van der Waals surface area contributed by atoms with Gasteiger partial charge in [-0.2, -0.15) is 0 Å². The first-order valence-corrected chi connectivity index (χ1v) is 3.65. The van der Waals surface area contributed by atoms with Crippen molar-refractivity contribution in [2.75, 3.05) is 0 Å². The minimum atomic E-state index is -1.13. The zero-order chi connectivity index (χ0) is 8.97. The van der Waals surface area contributed by atoms with Gasteiger partial charge in [0, 0.05) is 0 Å². The van der Waals surface area contributed by atoms with Crippen LogP contribution in [0.2, 0.25) is 0 Å². The topological polar surface area (TPSA) is 40.1 Å². The first-order chi connectivity index (χ1) is 5.70. The Bertz CT molecular complexity index is 304. The number of hydrogen-bond donors (Lipinski definition) is 0. The molecule has 0 aromatic heterocycles. The molecule has 2 nitrogen and oxygen atoms in total. The van der Waals surface area contributed by atoms with Crippen LogP contribution in [0.15, 0.2) is 35.9 Å². The second-order valence-electron chi connectivity index (χ2n) is 2.53. The van der Waals surface area contributed by atoms with Crippen molar-refractivity contribution in [3.05, 3.63) is 41.5 Å². The Morgan fingerprint density at radius 1 is 1.31 bits per heavy atom. The molecule has 0 spiro atoms. The molecular formula is C10H9NaO2. The standard InChI is InChI=1S/C10H10O2.Na/c1-8(10(11)12)7-9-5-3-2-4-6-9;/h2-7H,1H3,(H,11,12);/q;+1/p-1. The van der Waals surface area contributed by atoms with Crippen LogP contribution in [-0.2, 0) is 4.79 Å². The Balaban J connectivity index is 0.00000144. The van der Waals surface area contributed by atoms with Crippen LogP contribution in [0.25, 0.3) is 6.08 Å². The molecule has 0 aliphatic heterocycles. The Hall–Kier alpha value is -0.570. The van der Waals surface area contributed by atoms with Crippen LogP contribution < -0.4 is 34.7 Å². The van der Waals surface area contributed by atoms with Gasteiger partial charge in [-0.25, -0.2) is 0 Å². The minimum Gasteiger partial charge on any atom is -0.545 e. The molecule has 0 amide bonds. The Morgan fingerprint density at radius 2 is 1.85 bits per heavy atom. The van der Waals surface area contributed by atoms with Gasteiger partial charge in [0.15, 0.2) is 0 Å². The summed E-state index contributed by atoms with van der Waals surface area (Å²) in [4.78, 5) is 10.3. The van der Waals surface area contributed by atoms with Crippen LogP contribution in [0, 0.1) is 0 Å². The molecule has 0 saturated carbocycles. The summed E-state index contributed by atoms with van der Waals surface area (Å²) < 4.78 is 0. The van der Waals surface area contributed by atoms with E-state index in [1.165, 1.54) is 6.92 Å². The molecular weight excluding hydrogens is 175 g/mol.